The van der Waals surface area contributed by atoms with Crippen molar-refractivity contribution in [1.29, 1.82) is 0 Å². The first kappa shape index (κ1) is 23.7. The molecule has 0 bridgehead atoms. The van der Waals surface area contributed by atoms with Gasteiger partial charge >= 0.3 is 8.56 Å². The molecule has 1 N–H and O–H groups in total. The predicted molar refractivity (Wildman–Crippen MR) is 127 cm³/mol. The number of hydrogen-bond acceptors (Lipinski definition) is 5. The number of nitrogens with zero attached hydrogens (tertiary/aromatic N) is 3. The van der Waals surface area contributed by atoms with Crippen LogP contribution in [0.3, 0.4) is 0 Å². The van der Waals surface area contributed by atoms with E-state index < -0.39 is 14.1 Å². The Bertz CT molecular complexity index is 937. The third-order valence-corrected chi connectivity index (χ3v) is 10.2. The molecule has 0 fully saturated rings. The monoisotopic (exact) mass is 443 g/mol. The fourth-order valence-corrected chi connectivity index (χ4v) is 8.60. The molecule has 2 aromatic rings. The summed E-state index contributed by atoms with van der Waals surface area (Å²) < 4.78 is 12.7. The van der Waals surface area contributed by atoms with Crippen LogP contribution in [0.15, 0.2) is 47.7 Å². The zero-order valence-electron chi connectivity index (χ0n) is 20.0. The molecule has 1 aromatic carbocycles. The summed E-state index contributed by atoms with van der Waals surface area (Å²) in [5.41, 5.74) is 1.34. The van der Waals surface area contributed by atoms with Crippen LogP contribution in [0.5, 0.6) is 0 Å². The number of aliphatic hydroxyl groups excluding tert-OH is 1. The van der Waals surface area contributed by atoms with E-state index in [-0.39, 0.29) is 11.0 Å². The van der Waals surface area contributed by atoms with Gasteiger partial charge in [-0.15, -0.1) is 0 Å². The van der Waals surface area contributed by atoms with E-state index in [1.54, 1.807) is 4.80 Å². The van der Waals surface area contributed by atoms with Crippen molar-refractivity contribution in [2.75, 3.05) is 13.2 Å². The normalized spacial score (nSPS) is 21.1. The second-order valence-electron chi connectivity index (χ2n) is 9.36. The molecule has 0 amide bonds. The van der Waals surface area contributed by atoms with E-state index in [0.717, 1.165) is 23.0 Å². The summed E-state index contributed by atoms with van der Waals surface area (Å²) in [5, 5.41) is 21.7. The molecule has 0 saturated heterocycles. The average Bonchev–Trinajstić information content (AvgIpc) is 3.14. The van der Waals surface area contributed by atoms with E-state index in [4.69, 9.17) is 19.0 Å². The Balaban J connectivity index is 2.33. The van der Waals surface area contributed by atoms with Crippen molar-refractivity contribution in [1.82, 2.24) is 15.0 Å². The maximum atomic E-state index is 11.9. The zero-order valence-corrected chi connectivity index (χ0v) is 21.0. The molecule has 170 valence electrons. The minimum atomic E-state index is -2.73. The van der Waals surface area contributed by atoms with Gasteiger partial charge in [-0.05, 0) is 49.9 Å². The quantitative estimate of drug-likeness (QED) is 0.517. The first-order chi connectivity index (χ1) is 14.6. The summed E-state index contributed by atoms with van der Waals surface area (Å²) in [6.07, 6.45) is 5.55. The van der Waals surface area contributed by atoms with Gasteiger partial charge < -0.3 is 14.0 Å². The lowest BCUT2D eigenvalue weighted by Gasteiger charge is -2.47. The highest BCUT2D eigenvalue weighted by Crippen LogP contribution is 2.52. The molecule has 6 nitrogen and oxygen atoms in total. The smallest absolute Gasteiger partial charge is 0.341 e. The summed E-state index contributed by atoms with van der Waals surface area (Å²) >= 11 is 0. The molecular weight excluding hydrogens is 406 g/mol. The Kier molecular flexibility index (Phi) is 6.79. The van der Waals surface area contributed by atoms with Gasteiger partial charge in [-0.1, -0.05) is 52.0 Å². The third kappa shape index (κ3) is 4.11. The number of allylic oxidation sites excluding steroid dienone is 4. The van der Waals surface area contributed by atoms with Gasteiger partial charge in [-0.3, -0.25) is 0 Å². The van der Waals surface area contributed by atoms with E-state index >= 15 is 0 Å². The van der Waals surface area contributed by atoms with Gasteiger partial charge in [0.2, 0.25) is 0 Å². The van der Waals surface area contributed by atoms with E-state index in [9.17, 15) is 5.11 Å². The Morgan fingerprint density at radius 1 is 1.10 bits per heavy atom. The SMILES string of the molecule is CCO[Si](C)(OCC)C(CC)C1(n2nc3ccccc3n2)CC=CC(C(C)(C)C)=C1O. The van der Waals surface area contributed by atoms with Gasteiger partial charge in [0.15, 0.2) is 0 Å². The number of fused-ring (bicyclic) bond motifs is 1. The molecule has 1 aliphatic rings. The van der Waals surface area contributed by atoms with Crippen LogP contribution in [-0.2, 0) is 14.4 Å². The molecule has 0 radical (unpaired) electrons. The number of aromatic nitrogens is 3. The van der Waals surface area contributed by atoms with Crippen LogP contribution in [0.1, 0.15) is 54.4 Å². The highest BCUT2D eigenvalue weighted by atomic mass is 28.4. The van der Waals surface area contributed by atoms with E-state index in [1.807, 2.05) is 44.2 Å². The van der Waals surface area contributed by atoms with Gasteiger partial charge in [-0.25, -0.2) is 0 Å². The second-order valence-corrected chi connectivity index (χ2v) is 12.7. The maximum Gasteiger partial charge on any atom is 0.341 e. The van der Waals surface area contributed by atoms with Crippen molar-refractivity contribution >= 4 is 19.6 Å². The van der Waals surface area contributed by atoms with Crippen LogP contribution in [0.2, 0.25) is 12.1 Å². The molecule has 3 rings (SSSR count). The molecule has 2 atom stereocenters. The molecule has 7 heteroatoms. The van der Waals surface area contributed by atoms with E-state index in [1.165, 1.54) is 0 Å². The van der Waals surface area contributed by atoms with Crippen LogP contribution in [0.4, 0.5) is 0 Å². The fraction of sp³-hybridized carbons (Fsp3) is 0.583. The molecule has 31 heavy (non-hydrogen) atoms. The lowest BCUT2D eigenvalue weighted by atomic mass is 9.74. The maximum absolute atomic E-state index is 11.9. The standard InChI is InChI=1S/C24H37N3O3Si/c1-8-21(31(7,29-9-2)30-10-3)24(17-13-14-18(22(24)28)23(4,5)6)27-25-19-15-11-12-16-20(19)26-27/h11-16,21,28H,8-10,17H2,1-7H3. The molecule has 1 aromatic heterocycles. The van der Waals surface area contributed by atoms with Gasteiger partial charge in [0.1, 0.15) is 22.3 Å². The van der Waals surface area contributed by atoms with Crippen molar-refractivity contribution in [3.8, 4) is 0 Å². The van der Waals surface area contributed by atoms with Gasteiger partial charge in [0, 0.05) is 25.2 Å². The average molecular weight is 444 g/mol. The highest BCUT2D eigenvalue weighted by molar-refractivity contribution is 6.68. The Morgan fingerprint density at radius 3 is 2.10 bits per heavy atom. The predicted octanol–water partition coefficient (Wildman–Crippen LogP) is 5.87. The molecule has 0 aliphatic heterocycles. The van der Waals surface area contributed by atoms with Crippen LogP contribution in [0, 0.1) is 5.41 Å². The molecular formula is C24H37N3O3Si. The van der Waals surface area contributed by atoms with Crippen LogP contribution < -0.4 is 0 Å². The minimum Gasteiger partial charge on any atom is -0.509 e. The molecule has 0 saturated carbocycles. The summed E-state index contributed by atoms with van der Waals surface area (Å²) in [4.78, 5) is 1.75. The number of hydrogen-bond donors (Lipinski definition) is 1. The van der Waals surface area contributed by atoms with Crippen molar-refractivity contribution in [3.63, 3.8) is 0 Å². The van der Waals surface area contributed by atoms with Crippen LogP contribution >= 0.6 is 0 Å². The molecule has 2 unspecified atom stereocenters. The van der Waals surface area contributed by atoms with Gasteiger partial charge in [-0.2, -0.15) is 15.0 Å². The van der Waals surface area contributed by atoms with Crippen molar-refractivity contribution in [3.05, 3.63) is 47.7 Å². The van der Waals surface area contributed by atoms with E-state index in [2.05, 4.69) is 40.3 Å². The third-order valence-electron chi connectivity index (χ3n) is 6.31. The van der Waals surface area contributed by atoms with Gasteiger partial charge in [0.25, 0.3) is 0 Å². The molecule has 1 aliphatic carbocycles. The lowest BCUT2D eigenvalue weighted by molar-refractivity contribution is 0.108. The van der Waals surface area contributed by atoms with Crippen molar-refractivity contribution in [2.45, 2.75) is 72.0 Å². The Morgan fingerprint density at radius 2 is 1.65 bits per heavy atom. The molecule has 1 heterocycles. The van der Waals surface area contributed by atoms with Crippen molar-refractivity contribution in [2.24, 2.45) is 5.41 Å². The summed E-state index contributed by atoms with van der Waals surface area (Å²) in [6.45, 7) is 15.7. The summed E-state index contributed by atoms with van der Waals surface area (Å²) in [6, 6.07) is 7.84. The Labute approximate surface area is 187 Å². The number of aliphatic hydroxyl groups is 1. The van der Waals surface area contributed by atoms with Gasteiger partial charge in [0.05, 0.1) is 0 Å². The topological polar surface area (TPSA) is 69.4 Å². The first-order valence-corrected chi connectivity index (χ1v) is 13.7. The Hall–Kier alpha value is -1.96. The summed E-state index contributed by atoms with van der Waals surface area (Å²) in [7, 11) is -2.73. The second kappa shape index (κ2) is 8.88. The van der Waals surface area contributed by atoms with E-state index in [0.29, 0.717) is 25.4 Å². The fourth-order valence-electron chi connectivity index (χ4n) is 4.99. The van der Waals surface area contributed by atoms with Crippen molar-refractivity contribution < 1.29 is 14.0 Å². The summed E-state index contributed by atoms with van der Waals surface area (Å²) in [5.74, 6) is 0.327. The number of benzene rings is 1. The minimum absolute atomic E-state index is 0.0935. The first-order valence-electron chi connectivity index (χ1n) is 11.3. The number of rotatable bonds is 8. The van der Waals surface area contributed by atoms with Crippen LogP contribution in [0.25, 0.3) is 11.0 Å². The molecule has 0 spiro atoms. The largest absolute Gasteiger partial charge is 0.509 e. The lowest BCUT2D eigenvalue weighted by Crippen LogP contribution is -2.56. The highest BCUT2D eigenvalue weighted by Gasteiger charge is 2.58. The zero-order chi connectivity index (χ0) is 22.9. The van der Waals surface area contributed by atoms with Crippen LogP contribution in [-0.4, -0.2) is 41.9 Å².